The van der Waals surface area contributed by atoms with Crippen LogP contribution in [0.25, 0.3) is 0 Å². The molecule has 1 heterocycles. The van der Waals surface area contributed by atoms with Gasteiger partial charge in [-0.2, -0.15) is 0 Å². The van der Waals surface area contributed by atoms with Crippen molar-refractivity contribution in [3.05, 3.63) is 126 Å². The molecule has 3 aromatic carbocycles. The molecule has 1 aromatic heterocycles. The van der Waals surface area contributed by atoms with Gasteiger partial charge in [0.05, 0.1) is 12.0 Å². The normalized spacial score (nSPS) is 18.8. The summed E-state index contributed by atoms with van der Waals surface area (Å²) in [5.41, 5.74) is 10.3. The smallest absolute Gasteiger partial charge is 0.121 e. The molecule has 0 bridgehead atoms. The Morgan fingerprint density at radius 3 is 1.57 bits per heavy atom. The van der Waals surface area contributed by atoms with Crippen molar-refractivity contribution in [3.8, 4) is 0 Å². The van der Waals surface area contributed by atoms with E-state index in [-0.39, 0.29) is 6.04 Å². The maximum absolute atomic E-state index is 6.10. The predicted octanol–water partition coefficient (Wildman–Crippen LogP) is 4.54. The highest BCUT2D eigenvalue weighted by Crippen LogP contribution is 2.43. The zero-order valence-electron chi connectivity index (χ0n) is 15.6. The maximum Gasteiger partial charge on any atom is 0.121 e. The number of hydrogen-bond donors (Lipinski definition) is 1. The number of benzene rings is 3. The average Bonchev–Trinajstić information content (AvgIpc) is 3.29. The Bertz CT molecular complexity index is 958. The Morgan fingerprint density at radius 2 is 1.18 bits per heavy atom. The second-order valence-corrected chi connectivity index (χ2v) is 7.52. The molecule has 1 fully saturated rings. The Kier molecular flexibility index (Phi) is 4.10. The highest BCUT2D eigenvalue weighted by molar-refractivity contribution is 5.50. The third-order valence-electron chi connectivity index (χ3n) is 5.78. The van der Waals surface area contributed by atoms with Gasteiger partial charge < -0.3 is 10.3 Å². The monoisotopic (exact) mass is 365 g/mol. The van der Waals surface area contributed by atoms with Crippen LogP contribution in [-0.2, 0) is 5.54 Å². The molecule has 5 rings (SSSR count). The Morgan fingerprint density at radius 1 is 0.750 bits per heavy atom. The molecule has 1 aliphatic rings. The van der Waals surface area contributed by atoms with Gasteiger partial charge in [0, 0.05) is 18.2 Å². The Hall–Kier alpha value is -3.17. The molecule has 1 aliphatic carbocycles. The first kappa shape index (κ1) is 17.0. The molecule has 2 N–H and O–H groups in total. The third-order valence-corrected chi connectivity index (χ3v) is 5.78. The van der Waals surface area contributed by atoms with E-state index in [9.17, 15) is 0 Å². The van der Waals surface area contributed by atoms with Crippen molar-refractivity contribution < 1.29 is 0 Å². The molecule has 4 aromatic rings. The number of hydrogen-bond acceptors (Lipinski definition) is 2. The lowest BCUT2D eigenvalue weighted by Crippen LogP contribution is -2.36. The molecular formula is C25H23N3. The van der Waals surface area contributed by atoms with E-state index in [4.69, 9.17) is 10.7 Å². The summed E-state index contributed by atoms with van der Waals surface area (Å²) in [5.74, 6) is 0.376. The minimum Gasteiger partial charge on any atom is -0.327 e. The summed E-state index contributed by atoms with van der Waals surface area (Å²) in [7, 11) is 0. The van der Waals surface area contributed by atoms with E-state index >= 15 is 0 Å². The van der Waals surface area contributed by atoms with Gasteiger partial charge in [-0.05, 0) is 23.1 Å². The van der Waals surface area contributed by atoms with Gasteiger partial charge in [0.1, 0.15) is 5.54 Å². The largest absolute Gasteiger partial charge is 0.327 e. The zero-order valence-corrected chi connectivity index (χ0v) is 15.6. The van der Waals surface area contributed by atoms with E-state index in [0.717, 1.165) is 12.1 Å². The molecule has 0 aliphatic heterocycles. The van der Waals surface area contributed by atoms with Gasteiger partial charge in [0.2, 0.25) is 0 Å². The molecule has 2 atom stereocenters. The van der Waals surface area contributed by atoms with Crippen molar-refractivity contribution in [2.75, 3.05) is 0 Å². The van der Waals surface area contributed by atoms with Gasteiger partial charge in [-0.25, -0.2) is 4.98 Å². The first-order valence-electron chi connectivity index (χ1n) is 9.76. The summed E-state index contributed by atoms with van der Waals surface area (Å²) in [6.07, 6.45) is 5.17. The van der Waals surface area contributed by atoms with Crippen LogP contribution in [0.1, 0.15) is 34.7 Å². The lowest BCUT2D eigenvalue weighted by Gasteiger charge is -2.37. The molecule has 1 saturated carbocycles. The molecule has 0 unspecified atom stereocenters. The highest BCUT2D eigenvalue weighted by atomic mass is 15.1. The quantitative estimate of drug-likeness (QED) is 0.528. The number of rotatable bonds is 5. The van der Waals surface area contributed by atoms with Crippen LogP contribution >= 0.6 is 0 Å². The number of nitrogens with two attached hydrogens (primary N) is 1. The molecule has 0 saturated heterocycles. The molecule has 0 radical (unpaired) electrons. The van der Waals surface area contributed by atoms with Crippen molar-refractivity contribution in [2.45, 2.75) is 23.9 Å². The van der Waals surface area contributed by atoms with E-state index in [1.54, 1.807) is 0 Å². The molecule has 138 valence electrons. The fourth-order valence-electron chi connectivity index (χ4n) is 4.25. The first-order valence-corrected chi connectivity index (χ1v) is 9.76. The summed E-state index contributed by atoms with van der Waals surface area (Å²) < 4.78 is 2.26. The highest BCUT2D eigenvalue weighted by Gasteiger charge is 2.41. The van der Waals surface area contributed by atoms with Crippen LogP contribution in [0.5, 0.6) is 0 Å². The Labute approximate surface area is 165 Å². The van der Waals surface area contributed by atoms with Gasteiger partial charge in [0.15, 0.2) is 0 Å². The fourth-order valence-corrected chi connectivity index (χ4v) is 4.25. The van der Waals surface area contributed by atoms with E-state index in [2.05, 4.69) is 102 Å². The van der Waals surface area contributed by atoms with E-state index in [1.165, 1.54) is 16.7 Å². The Balaban J connectivity index is 1.81. The van der Waals surface area contributed by atoms with Gasteiger partial charge in [-0.3, -0.25) is 0 Å². The molecule has 3 heteroatoms. The summed E-state index contributed by atoms with van der Waals surface area (Å²) in [4.78, 5) is 4.75. The third kappa shape index (κ3) is 2.67. The summed E-state index contributed by atoms with van der Waals surface area (Å²) in [6, 6.07) is 32.2. The van der Waals surface area contributed by atoms with Gasteiger partial charge in [0.25, 0.3) is 0 Å². The van der Waals surface area contributed by atoms with Crippen molar-refractivity contribution in [3.63, 3.8) is 0 Å². The van der Waals surface area contributed by atoms with Crippen LogP contribution in [0.4, 0.5) is 0 Å². The van der Waals surface area contributed by atoms with Crippen molar-refractivity contribution in [1.82, 2.24) is 9.55 Å². The van der Waals surface area contributed by atoms with Crippen LogP contribution < -0.4 is 5.73 Å². The van der Waals surface area contributed by atoms with Gasteiger partial charge >= 0.3 is 0 Å². The predicted molar refractivity (Wildman–Crippen MR) is 112 cm³/mol. The lowest BCUT2D eigenvalue weighted by atomic mass is 9.77. The first-order chi connectivity index (χ1) is 13.8. The van der Waals surface area contributed by atoms with Gasteiger partial charge in [-0.15, -0.1) is 0 Å². The van der Waals surface area contributed by atoms with E-state index in [1.807, 2.05) is 6.33 Å². The number of nitrogens with zero attached hydrogens (tertiary/aromatic N) is 2. The maximum atomic E-state index is 6.10. The molecular weight excluding hydrogens is 342 g/mol. The van der Waals surface area contributed by atoms with E-state index < -0.39 is 5.54 Å². The standard InChI is InChI=1S/C25H23N3/c26-23-16-22(23)24-17-28(18-27-24)25(19-10-4-1-5-11-19,20-12-6-2-7-13-20)21-14-8-3-9-15-21/h1-15,17-18,22-23H,16,26H2/t22-,23-/m1/s1. The number of imidazole rings is 1. The van der Waals surface area contributed by atoms with Crippen LogP contribution in [0, 0.1) is 0 Å². The summed E-state index contributed by atoms with van der Waals surface area (Å²) >= 11 is 0. The van der Waals surface area contributed by atoms with Crippen LogP contribution in [0.15, 0.2) is 104 Å². The van der Waals surface area contributed by atoms with Gasteiger partial charge in [-0.1, -0.05) is 91.0 Å². The fraction of sp³-hybridized carbons (Fsp3) is 0.160. The van der Waals surface area contributed by atoms with Crippen molar-refractivity contribution in [2.24, 2.45) is 5.73 Å². The minimum atomic E-state index is -0.492. The zero-order chi connectivity index (χ0) is 19.0. The van der Waals surface area contributed by atoms with Crippen molar-refractivity contribution >= 4 is 0 Å². The lowest BCUT2D eigenvalue weighted by molar-refractivity contribution is 0.514. The molecule has 3 nitrogen and oxygen atoms in total. The van der Waals surface area contributed by atoms with Crippen LogP contribution in [0.3, 0.4) is 0 Å². The molecule has 0 amide bonds. The number of aromatic nitrogens is 2. The summed E-state index contributed by atoms with van der Waals surface area (Å²) in [6.45, 7) is 0. The average molecular weight is 365 g/mol. The topological polar surface area (TPSA) is 43.8 Å². The second-order valence-electron chi connectivity index (χ2n) is 7.52. The van der Waals surface area contributed by atoms with Crippen LogP contribution in [0.2, 0.25) is 0 Å². The van der Waals surface area contributed by atoms with E-state index in [0.29, 0.717) is 5.92 Å². The van der Waals surface area contributed by atoms with Crippen molar-refractivity contribution in [1.29, 1.82) is 0 Å². The minimum absolute atomic E-state index is 0.239. The SMILES string of the molecule is N[C@@H]1C[C@H]1c1cn(C(c2ccccc2)(c2ccccc2)c2ccccc2)cn1. The molecule has 28 heavy (non-hydrogen) atoms. The second kappa shape index (κ2) is 6.77. The summed E-state index contributed by atoms with van der Waals surface area (Å²) in [5, 5.41) is 0. The van der Waals surface area contributed by atoms with Crippen LogP contribution in [-0.4, -0.2) is 15.6 Å². The molecule has 0 spiro atoms.